The van der Waals surface area contributed by atoms with Gasteiger partial charge in [-0.25, -0.2) is 14.2 Å². The van der Waals surface area contributed by atoms with Gasteiger partial charge in [-0.05, 0) is 43.9 Å². The number of benzene rings is 1. The summed E-state index contributed by atoms with van der Waals surface area (Å²) >= 11 is 2.71. The summed E-state index contributed by atoms with van der Waals surface area (Å²) in [4.78, 5) is 31.6. The molecule has 4 aromatic rings. The molecule has 0 atom stereocenters. The molecule has 0 spiro atoms. The molecule has 5 rings (SSSR count). The van der Waals surface area contributed by atoms with Crippen molar-refractivity contribution >= 4 is 43.7 Å². The van der Waals surface area contributed by atoms with E-state index in [0.29, 0.717) is 25.6 Å². The molecule has 8 heteroatoms. The van der Waals surface area contributed by atoms with E-state index in [2.05, 4.69) is 4.98 Å². The van der Waals surface area contributed by atoms with Crippen LogP contribution in [-0.4, -0.2) is 15.4 Å². The highest BCUT2D eigenvalue weighted by molar-refractivity contribution is 7.20. The number of aryl methyl sites for hydroxylation is 2. The fourth-order valence-electron chi connectivity index (χ4n) is 3.55. The summed E-state index contributed by atoms with van der Waals surface area (Å²) in [5, 5.41) is 0.404. The van der Waals surface area contributed by atoms with Crippen LogP contribution in [0.2, 0.25) is 0 Å². The average Bonchev–Trinajstić information content (AvgIpc) is 3.28. The maximum atomic E-state index is 13.8. The number of rotatable bonds is 3. The number of aromatic nitrogens is 2. The Kier molecular flexibility index (Phi) is 4.25. The van der Waals surface area contributed by atoms with Crippen LogP contribution in [-0.2, 0) is 24.2 Å². The van der Waals surface area contributed by atoms with Gasteiger partial charge in [-0.15, -0.1) is 22.7 Å². The molecule has 3 heterocycles. The van der Waals surface area contributed by atoms with E-state index in [4.69, 9.17) is 4.74 Å². The van der Waals surface area contributed by atoms with Crippen molar-refractivity contribution in [3.8, 4) is 0 Å². The van der Waals surface area contributed by atoms with Gasteiger partial charge in [0.1, 0.15) is 17.3 Å². The van der Waals surface area contributed by atoms with Gasteiger partial charge in [0, 0.05) is 26.7 Å². The fraction of sp³-hybridized carbons (Fsp3) is 0.250. The maximum Gasteiger partial charge on any atom is 0.348 e. The number of fused-ring (bicyclic) bond motifs is 4. The van der Waals surface area contributed by atoms with Crippen LogP contribution in [0.25, 0.3) is 15.0 Å². The smallest absolute Gasteiger partial charge is 0.348 e. The molecule has 0 unspecified atom stereocenters. The number of esters is 1. The monoisotopic (exact) mass is 414 g/mol. The Morgan fingerprint density at radius 3 is 2.93 bits per heavy atom. The summed E-state index contributed by atoms with van der Waals surface area (Å²) in [6.45, 7) is -0.0934. The molecular formula is C20H15FN2O3S2. The number of thiophene rings is 1. The van der Waals surface area contributed by atoms with E-state index < -0.39 is 5.97 Å². The highest BCUT2D eigenvalue weighted by Crippen LogP contribution is 2.29. The second kappa shape index (κ2) is 6.79. The lowest BCUT2D eigenvalue weighted by molar-refractivity contribution is 0.0473. The summed E-state index contributed by atoms with van der Waals surface area (Å²) in [5.41, 5.74) is 1.35. The fourth-order valence-corrected chi connectivity index (χ4v) is 5.75. The largest absolute Gasteiger partial charge is 0.455 e. The molecule has 0 bridgehead atoms. The second-order valence-corrected chi connectivity index (χ2v) is 8.87. The van der Waals surface area contributed by atoms with Gasteiger partial charge in [0.05, 0.1) is 5.69 Å². The van der Waals surface area contributed by atoms with Crippen molar-refractivity contribution < 1.29 is 13.9 Å². The van der Waals surface area contributed by atoms with E-state index in [1.165, 1.54) is 45.7 Å². The van der Waals surface area contributed by atoms with E-state index in [0.717, 1.165) is 31.4 Å². The molecule has 5 nitrogen and oxygen atoms in total. The molecule has 28 heavy (non-hydrogen) atoms. The molecule has 0 fully saturated rings. The van der Waals surface area contributed by atoms with Gasteiger partial charge >= 0.3 is 5.97 Å². The van der Waals surface area contributed by atoms with Crippen LogP contribution in [0.5, 0.6) is 0 Å². The van der Waals surface area contributed by atoms with Crippen molar-refractivity contribution in [2.75, 3.05) is 0 Å². The predicted octanol–water partition coefficient (Wildman–Crippen LogP) is 4.35. The Hall–Kier alpha value is -2.58. The Balaban J connectivity index is 1.40. The van der Waals surface area contributed by atoms with Crippen LogP contribution in [0, 0.1) is 5.82 Å². The second-order valence-electron chi connectivity index (χ2n) is 6.72. The van der Waals surface area contributed by atoms with Crippen LogP contribution < -0.4 is 5.56 Å². The highest BCUT2D eigenvalue weighted by atomic mass is 32.1. The van der Waals surface area contributed by atoms with Crippen LogP contribution in [0.15, 0.2) is 35.1 Å². The Bertz CT molecular complexity index is 1290. The molecular weight excluding hydrogens is 399 g/mol. The van der Waals surface area contributed by atoms with Crippen LogP contribution >= 0.6 is 22.7 Å². The first-order valence-corrected chi connectivity index (χ1v) is 10.6. The first kappa shape index (κ1) is 17.5. The number of carbonyl (C=O) groups excluding carboxylic acids is 1. The normalized spacial score (nSPS) is 13.8. The number of hydrogen-bond donors (Lipinski definition) is 0. The van der Waals surface area contributed by atoms with E-state index in [9.17, 15) is 14.0 Å². The third-order valence-corrected chi connectivity index (χ3v) is 7.10. The van der Waals surface area contributed by atoms with Gasteiger partial charge in [-0.1, -0.05) is 6.07 Å². The SMILES string of the molecule is O=C(OCc1cc(=O)n2c3c(sc2n1)CCCC3)c1cc2c(F)cccc2s1. The van der Waals surface area contributed by atoms with Gasteiger partial charge in [-0.2, -0.15) is 0 Å². The summed E-state index contributed by atoms with van der Waals surface area (Å²) in [6.07, 6.45) is 4.10. The topological polar surface area (TPSA) is 60.7 Å². The standard InChI is InChI=1S/C20H15FN2O3S2/c21-13-4-3-7-15-12(13)9-17(27-15)19(25)26-10-11-8-18(24)23-14-5-1-2-6-16(14)28-20(23)22-11/h3-4,7-9H,1-2,5-6,10H2. The van der Waals surface area contributed by atoms with Gasteiger partial charge in [0.2, 0.25) is 0 Å². The quantitative estimate of drug-likeness (QED) is 0.468. The van der Waals surface area contributed by atoms with Crippen molar-refractivity contribution in [2.24, 2.45) is 0 Å². The lowest BCUT2D eigenvalue weighted by atomic mass is 10.0. The van der Waals surface area contributed by atoms with E-state index in [1.807, 2.05) is 0 Å². The zero-order valence-corrected chi connectivity index (χ0v) is 16.4. The molecule has 0 saturated carbocycles. The Morgan fingerprint density at radius 2 is 2.07 bits per heavy atom. The average molecular weight is 414 g/mol. The van der Waals surface area contributed by atoms with Gasteiger partial charge in [0.25, 0.3) is 5.56 Å². The summed E-state index contributed by atoms with van der Waals surface area (Å²) in [7, 11) is 0. The number of nitrogens with zero attached hydrogens (tertiary/aromatic N) is 2. The maximum absolute atomic E-state index is 13.8. The summed E-state index contributed by atoms with van der Waals surface area (Å²) in [6, 6.07) is 7.64. The first-order valence-electron chi connectivity index (χ1n) is 8.98. The molecule has 3 aromatic heterocycles. The summed E-state index contributed by atoms with van der Waals surface area (Å²) in [5.74, 6) is -0.914. The third-order valence-electron chi connectivity index (χ3n) is 4.88. The van der Waals surface area contributed by atoms with Crippen LogP contribution in [0.1, 0.15) is 38.8 Å². The lowest BCUT2D eigenvalue weighted by Gasteiger charge is -2.10. The number of halogens is 1. The number of thiazole rings is 1. The zero-order valence-electron chi connectivity index (χ0n) is 14.7. The van der Waals surface area contributed by atoms with Gasteiger partial charge in [0.15, 0.2) is 4.96 Å². The Morgan fingerprint density at radius 1 is 1.21 bits per heavy atom. The zero-order chi connectivity index (χ0) is 19.3. The lowest BCUT2D eigenvalue weighted by Crippen LogP contribution is -2.18. The molecule has 1 aliphatic carbocycles. The minimum absolute atomic E-state index is 0.0934. The highest BCUT2D eigenvalue weighted by Gasteiger charge is 2.19. The van der Waals surface area contributed by atoms with E-state index in [1.54, 1.807) is 16.5 Å². The molecule has 1 aromatic carbocycles. The van der Waals surface area contributed by atoms with Crippen molar-refractivity contribution in [1.82, 2.24) is 9.38 Å². The van der Waals surface area contributed by atoms with Crippen molar-refractivity contribution in [1.29, 1.82) is 0 Å². The van der Waals surface area contributed by atoms with Gasteiger partial charge < -0.3 is 4.74 Å². The summed E-state index contributed by atoms with van der Waals surface area (Å²) < 4.78 is 21.5. The molecule has 1 aliphatic rings. The molecule has 0 N–H and O–H groups in total. The first-order chi connectivity index (χ1) is 13.6. The van der Waals surface area contributed by atoms with Crippen LogP contribution in [0.4, 0.5) is 4.39 Å². The molecule has 0 saturated heterocycles. The van der Waals surface area contributed by atoms with Gasteiger partial charge in [-0.3, -0.25) is 9.20 Å². The number of carbonyl (C=O) groups is 1. The number of hydrogen-bond acceptors (Lipinski definition) is 6. The van der Waals surface area contributed by atoms with Crippen molar-refractivity contribution in [3.63, 3.8) is 0 Å². The van der Waals surface area contributed by atoms with Crippen LogP contribution in [0.3, 0.4) is 0 Å². The van der Waals surface area contributed by atoms with Crippen molar-refractivity contribution in [2.45, 2.75) is 32.3 Å². The Labute approximate surface area is 167 Å². The minimum Gasteiger partial charge on any atom is -0.455 e. The molecule has 0 amide bonds. The van der Waals surface area contributed by atoms with E-state index >= 15 is 0 Å². The molecule has 142 valence electrons. The predicted molar refractivity (Wildman–Crippen MR) is 107 cm³/mol. The third kappa shape index (κ3) is 2.93. The molecule has 0 aliphatic heterocycles. The number of ether oxygens (including phenoxy) is 1. The van der Waals surface area contributed by atoms with Crippen molar-refractivity contribution in [3.05, 3.63) is 67.6 Å². The molecule has 0 radical (unpaired) electrons. The minimum atomic E-state index is -0.548. The van der Waals surface area contributed by atoms with E-state index in [-0.39, 0.29) is 18.0 Å².